The third-order valence-corrected chi connectivity index (χ3v) is 5.36. The average molecular weight is 286 g/mol. The standard InChI is InChI=1S/C21H32/c1-16(2)21-19(17-10-5-3-6-11-17)14-9-15-20(21)18-12-7-4-8-13-18/h9,14-18H,3-8,10-13H2,1-2H3/i17D,18D. The lowest BCUT2D eigenvalue weighted by atomic mass is 9.74. The van der Waals surface area contributed by atoms with Crippen LogP contribution in [0.1, 0.15) is 115 Å². The van der Waals surface area contributed by atoms with Gasteiger partial charge in [-0.25, -0.2) is 0 Å². The molecule has 2 aliphatic rings. The van der Waals surface area contributed by atoms with Crippen LogP contribution in [0.5, 0.6) is 0 Å². The first-order valence-electron chi connectivity index (χ1n) is 10.1. The van der Waals surface area contributed by atoms with Gasteiger partial charge in [-0.15, -0.1) is 0 Å². The molecule has 2 aliphatic carbocycles. The van der Waals surface area contributed by atoms with E-state index < -0.39 is 11.8 Å². The Labute approximate surface area is 134 Å². The second kappa shape index (κ2) is 6.99. The molecule has 0 nitrogen and oxygen atoms in total. The minimum absolute atomic E-state index is 0.398. The van der Waals surface area contributed by atoms with Crippen LogP contribution in [-0.2, 0) is 0 Å². The molecule has 0 aromatic heterocycles. The summed E-state index contributed by atoms with van der Waals surface area (Å²) in [6.07, 6.45) is 11.2. The molecule has 0 spiro atoms. The molecule has 21 heavy (non-hydrogen) atoms. The van der Waals surface area contributed by atoms with E-state index in [1.165, 1.54) is 55.2 Å². The van der Waals surface area contributed by atoms with Gasteiger partial charge in [0.25, 0.3) is 0 Å². The number of hydrogen-bond acceptors (Lipinski definition) is 0. The topological polar surface area (TPSA) is 0 Å². The van der Waals surface area contributed by atoms with Gasteiger partial charge in [-0.2, -0.15) is 0 Å². The van der Waals surface area contributed by atoms with Gasteiger partial charge in [-0.1, -0.05) is 70.6 Å². The Balaban J connectivity index is 2.09. The summed E-state index contributed by atoms with van der Waals surface area (Å²) in [7, 11) is 0. The van der Waals surface area contributed by atoms with Crippen molar-refractivity contribution in [2.45, 2.75) is 95.8 Å². The largest absolute Gasteiger partial charge is 0.0617 e. The van der Waals surface area contributed by atoms with E-state index in [9.17, 15) is 0 Å². The van der Waals surface area contributed by atoms with Crippen LogP contribution in [0.25, 0.3) is 0 Å². The molecule has 2 saturated carbocycles. The van der Waals surface area contributed by atoms with Gasteiger partial charge < -0.3 is 0 Å². The Morgan fingerprint density at radius 1 is 0.810 bits per heavy atom. The van der Waals surface area contributed by atoms with E-state index in [2.05, 4.69) is 32.0 Å². The van der Waals surface area contributed by atoms with Gasteiger partial charge >= 0.3 is 0 Å². The maximum atomic E-state index is 9.11. The van der Waals surface area contributed by atoms with E-state index in [-0.39, 0.29) is 0 Å². The summed E-state index contributed by atoms with van der Waals surface area (Å²) in [6.45, 7) is 4.50. The highest BCUT2D eigenvalue weighted by atomic mass is 14.3. The molecule has 0 amide bonds. The van der Waals surface area contributed by atoms with E-state index in [4.69, 9.17) is 2.74 Å². The lowest BCUT2D eigenvalue weighted by Crippen LogP contribution is -2.13. The Morgan fingerprint density at radius 3 is 1.62 bits per heavy atom. The maximum absolute atomic E-state index is 9.11. The first-order valence-corrected chi connectivity index (χ1v) is 9.10. The van der Waals surface area contributed by atoms with Gasteiger partial charge in [-0.3, -0.25) is 0 Å². The molecule has 0 unspecified atom stereocenters. The monoisotopic (exact) mass is 286 g/mol. The lowest BCUT2D eigenvalue weighted by Gasteiger charge is -2.31. The van der Waals surface area contributed by atoms with Crippen molar-refractivity contribution >= 4 is 0 Å². The molecule has 0 saturated heterocycles. The molecule has 0 atom stereocenters. The average Bonchev–Trinajstić information content (AvgIpc) is 2.55. The fourth-order valence-electron chi connectivity index (χ4n) is 4.30. The molecule has 0 bridgehead atoms. The van der Waals surface area contributed by atoms with E-state index in [1.807, 2.05) is 0 Å². The summed E-state index contributed by atoms with van der Waals surface area (Å²) < 4.78 is 18.2. The highest BCUT2D eigenvalue weighted by Gasteiger charge is 2.25. The van der Waals surface area contributed by atoms with Crippen molar-refractivity contribution in [2.24, 2.45) is 0 Å². The van der Waals surface area contributed by atoms with Crippen molar-refractivity contribution in [3.05, 3.63) is 34.9 Å². The molecule has 0 heterocycles. The molecule has 3 rings (SSSR count). The summed E-state index contributed by atoms with van der Waals surface area (Å²) in [5.74, 6) is -0.438. The number of rotatable bonds is 3. The SMILES string of the molecule is [2H]C1(c2cccc(C3([2H])CCCCC3)c2C(C)C)CCCCC1. The highest BCUT2D eigenvalue weighted by molar-refractivity contribution is 5.42. The molecule has 0 heteroatoms. The summed E-state index contributed by atoms with van der Waals surface area (Å²) in [5, 5.41) is 0. The quantitative estimate of drug-likeness (QED) is 0.566. The van der Waals surface area contributed by atoms with Gasteiger partial charge in [0, 0.05) is 2.74 Å². The van der Waals surface area contributed by atoms with E-state index in [0.29, 0.717) is 5.92 Å². The molecule has 0 N–H and O–H groups in total. The van der Waals surface area contributed by atoms with Gasteiger partial charge in [0.15, 0.2) is 0 Å². The number of hydrogen-bond donors (Lipinski definition) is 0. The fourth-order valence-corrected chi connectivity index (χ4v) is 4.30. The normalized spacial score (nSPS) is 26.2. The second-order valence-electron chi connectivity index (χ2n) is 7.25. The van der Waals surface area contributed by atoms with Gasteiger partial charge in [0.05, 0.1) is 0 Å². The Morgan fingerprint density at radius 2 is 1.24 bits per heavy atom. The predicted molar refractivity (Wildman–Crippen MR) is 92.2 cm³/mol. The van der Waals surface area contributed by atoms with E-state index >= 15 is 0 Å². The molecule has 2 fully saturated rings. The van der Waals surface area contributed by atoms with E-state index in [0.717, 1.165) is 25.7 Å². The highest BCUT2D eigenvalue weighted by Crippen LogP contribution is 2.42. The van der Waals surface area contributed by atoms with Gasteiger partial charge in [0.1, 0.15) is 0 Å². The third kappa shape index (κ3) is 3.35. The van der Waals surface area contributed by atoms with Crippen molar-refractivity contribution in [1.82, 2.24) is 0 Å². The zero-order valence-electron chi connectivity index (χ0n) is 15.9. The number of benzene rings is 1. The summed E-state index contributed by atoms with van der Waals surface area (Å²) in [6, 6.07) is 6.53. The maximum Gasteiger partial charge on any atom is 0.0352 e. The van der Waals surface area contributed by atoms with Crippen molar-refractivity contribution in [3.63, 3.8) is 0 Å². The van der Waals surface area contributed by atoms with Crippen LogP contribution < -0.4 is 0 Å². The van der Waals surface area contributed by atoms with Crippen LogP contribution in [-0.4, -0.2) is 0 Å². The molecule has 1 aromatic rings. The molecule has 0 radical (unpaired) electrons. The Kier molecular flexibility index (Phi) is 4.24. The van der Waals surface area contributed by atoms with E-state index in [1.54, 1.807) is 0 Å². The third-order valence-electron chi connectivity index (χ3n) is 5.36. The molecule has 116 valence electrons. The molecule has 0 aliphatic heterocycles. The van der Waals surface area contributed by atoms with Crippen molar-refractivity contribution in [2.75, 3.05) is 0 Å². The van der Waals surface area contributed by atoms with Crippen molar-refractivity contribution < 1.29 is 2.74 Å². The van der Waals surface area contributed by atoms with Crippen LogP contribution in [0.4, 0.5) is 0 Å². The van der Waals surface area contributed by atoms with Crippen LogP contribution in [0.3, 0.4) is 0 Å². The summed E-state index contributed by atoms with van der Waals surface area (Å²) in [5.41, 5.74) is 3.81. The van der Waals surface area contributed by atoms with Gasteiger partial charge in [0.2, 0.25) is 0 Å². The van der Waals surface area contributed by atoms with Gasteiger partial charge in [-0.05, 0) is 60.1 Å². The van der Waals surface area contributed by atoms with Crippen molar-refractivity contribution in [3.8, 4) is 0 Å². The fraction of sp³-hybridized carbons (Fsp3) is 0.714. The van der Waals surface area contributed by atoms with Crippen molar-refractivity contribution in [1.29, 1.82) is 0 Å². The zero-order valence-corrected chi connectivity index (χ0v) is 13.9. The lowest BCUT2D eigenvalue weighted by molar-refractivity contribution is 0.429. The predicted octanol–water partition coefficient (Wildman–Crippen LogP) is 6.91. The summed E-state index contributed by atoms with van der Waals surface area (Å²) >= 11 is 0. The minimum atomic E-state index is -0.418. The first-order chi connectivity index (χ1) is 11.0. The Bertz CT molecular complexity index is 493. The minimum Gasteiger partial charge on any atom is -0.0617 e. The molecule has 1 aromatic carbocycles. The first kappa shape index (κ1) is 12.7. The zero-order chi connectivity index (χ0) is 16.5. The van der Waals surface area contributed by atoms with Crippen LogP contribution in [0.15, 0.2) is 18.2 Å². The molecular formula is C21H32. The Hall–Kier alpha value is -0.780. The second-order valence-corrected chi connectivity index (χ2v) is 7.25. The van der Waals surface area contributed by atoms with Crippen LogP contribution in [0.2, 0.25) is 0 Å². The smallest absolute Gasteiger partial charge is 0.0352 e. The van der Waals surface area contributed by atoms with Crippen LogP contribution >= 0.6 is 0 Å². The van der Waals surface area contributed by atoms with Crippen LogP contribution in [0, 0.1) is 0 Å². The summed E-state index contributed by atoms with van der Waals surface area (Å²) in [4.78, 5) is 0. The molecular weight excluding hydrogens is 252 g/mol.